The molecule has 4 heteroatoms. The first-order valence-electron chi connectivity index (χ1n) is 11.8. The summed E-state index contributed by atoms with van der Waals surface area (Å²) in [6.45, 7) is 15.5. The van der Waals surface area contributed by atoms with Crippen LogP contribution in [0.15, 0.2) is 29.1 Å². The maximum absolute atomic E-state index is 12.4. The van der Waals surface area contributed by atoms with Crippen LogP contribution in [-0.4, -0.2) is 33.6 Å². The fraction of sp³-hybridized carbons (Fsp3) is 0.519. The van der Waals surface area contributed by atoms with E-state index in [1.165, 1.54) is 48.0 Å². The molecule has 3 heterocycles. The van der Waals surface area contributed by atoms with Gasteiger partial charge in [0.05, 0.1) is 5.69 Å². The van der Waals surface area contributed by atoms with Crippen LogP contribution in [0.25, 0.3) is 22.2 Å². The number of benzene rings is 1. The zero-order valence-electron chi connectivity index (χ0n) is 20.2. The smallest absolute Gasteiger partial charge is 0.253 e. The largest absolute Gasteiger partial charge is 0.354 e. The molecule has 0 unspecified atom stereocenters. The van der Waals surface area contributed by atoms with Crippen molar-refractivity contribution in [2.45, 2.75) is 72.3 Å². The van der Waals surface area contributed by atoms with Crippen molar-refractivity contribution < 1.29 is 0 Å². The van der Waals surface area contributed by atoms with Crippen LogP contribution in [0.3, 0.4) is 0 Å². The summed E-state index contributed by atoms with van der Waals surface area (Å²) >= 11 is 0. The second-order valence-corrected chi connectivity index (χ2v) is 9.97. The van der Waals surface area contributed by atoms with Crippen molar-refractivity contribution in [2.75, 3.05) is 13.1 Å². The molecule has 0 atom stereocenters. The Balaban J connectivity index is 1.80. The summed E-state index contributed by atoms with van der Waals surface area (Å²) in [5.74, 6) is 1.03. The van der Waals surface area contributed by atoms with Gasteiger partial charge in [-0.3, -0.25) is 4.79 Å². The molecule has 1 aliphatic rings. The number of fused-ring (bicyclic) bond motifs is 1. The summed E-state index contributed by atoms with van der Waals surface area (Å²) < 4.78 is 1.77. The topological polar surface area (TPSA) is 41.0 Å². The minimum absolute atomic E-state index is 0.0819. The van der Waals surface area contributed by atoms with Crippen LogP contribution in [0.2, 0.25) is 0 Å². The van der Waals surface area contributed by atoms with Crippen LogP contribution in [0.4, 0.5) is 0 Å². The van der Waals surface area contributed by atoms with Crippen molar-refractivity contribution in [1.82, 2.24) is 14.5 Å². The lowest BCUT2D eigenvalue weighted by atomic mass is 9.87. The SMILES string of the molecule is Cc1cc(-c2[nH]c3ccc(C4CCN(C(C)C)CC4)cc3c2C(C)C)c(C)n(C)c1=O. The molecule has 0 aliphatic carbocycles. The number of pyridine rings is 1. The highest BCUT2D eigenvalue weighted by Crippen LogP contribution is 2.39. The van der Waals surface area contributed by atoms with E-state index >= 15 is 0 Å². The first kappa shape index (κ1) is 21.9. The number of nitrogens with zero attached hydrogens (tertiary/aromatic N) is 2. The number of nitrogens with one attached hydrogen (secondary N) is 1. The number of H-pyrrole nitrogens is 1. The van der Waals surface area contributed by atoms with Gasteiger partial charge in [-0.2, -0.15) is 0 Å². The van der Waals surface area contributed by atoms with Gasteiger partial charge in [-0.05, 0) is 94.8 Å². The van der Waals surface area contributed by atoms with E-state index in [1.54, 1.807) is 4.57 Å². The zero-order valence-corrected chi connectivity index (χ0v) is 20.2. The van der Waals surface area contributed by atoms with Crippen LogP contribution in [0.1, 0.15) is 74.8 Å². The molecule has 1 N–H and O–H groups in total. The van der Waals surface area contributed by atoms with Gasteiger partial charge in [-0.1, -0.05) is 19.9 Å². The third-order valence-electron chi connectivity index (χ3n) is 7.34. The van der Waals surface area contributed by atoms with Gasteiger partial charge in [0.1, 0.15) is 0 Å². The summed E-state index contributed by atoms with van der Waals surface area (Å²) in [6, 6.07) is 9.71. The Morgan fingerprint density at radius 1 is 1.03 bits per heavy atom. The Morgan fingerprint density at radius 2 is 1.71 bits per heavy atom. The highest BCUT2D eigenvalue weighted by molar-refractivity contribution is 5.92. The fourth-order valence-electron chi connectivity index (χ4n) is 5.28. The van der Waals surface area contributed by atoms with E-state index in [1.807, 2.05) is 20.9 Å². The third-order valence-corrected chi connectivity index (χ3v) is 7.34. The number of likely N-dealkylation sites (tertiary alicyclic amines) is 1. The molecule has 4 nitrogen and oxygen atoms in total. The standard InChI is InChI=1S/C27H37N3O/c1-16(2)25-23-15-21(20-10-12-30(13-11-20)17(3)4)8-9-24(23)28-26(25)22-14-18(5)27(31)29(7)19(22)6/h8-9,14-17,20,28H,10-13H2,1-7H3. The second kappa shape index (κ2) is 8.31. The van der Waals surface area contributed by atoms with Crippen LogP contribution in [-0.2, 0) is 7.05 Å². The molecule has 2 aromatic heterocycles. The lowest BCUT2D eigenvalue weighted by Crippen LogP contribution is -2.37. The molecule has 3 aromatic rings. The second-order valence-electron chi connectivity index (χ2n) is 9.97. The van der Waals surface area contributed by atoms with E-state index < -0.39 is 0 Å². The molecule has 4 rings (SSSR count). The maximum Gasteiger partial charge on any atom is 0.253 e. The summed E-state index contributed by atoms with van der Waals surface area (Å²) in [5.41, 5.74) is 8.18. The van der Waals surface area contributed by atoms with E-state index in [0.29, 0.717) is 17.9 Å². The molecule has 1 fully saturated rings. The monoisotopic (exact) mass is 419 g/mol. The van der Waals surface area contributed by atoms with Gasteiger partial charge in [0.2, 0.25) is 0 Å². The molecular weight excluding hydrogens is 382 g/mol. The van der Waals surface area contributed by atoms with Crippen LogP contribution < -0.4 is 5.56 Å². The van der Waals surface area contributed by atoms with Crippen molar-refractivity contribution in [1.29, 1.82) is 0 Å². The number of rotatable bonds is 4. The molecule has 0 bridgehead atoms. The average Bonchev–Trinajstić information content (AvgIpc) is 3.13. The quantitative estimate of drug-likeness (QED) is 0.575. The summed E-state index contributed by atoms with van der Waals surface area (Å²) in [6.07, 6.45) is 2.47. The van der Waals surface area contributed by atoms with E-state index in [9.17, 15) is 4.79 Å². The summed E-state index contributed by atoms with van der Waals surface area (Å²) in [5, 5.41) is 1.33. The first-order chi connectivity index (χ1) is 14.7. The minimum Gasteiger partial charge on any atom is -0.354 e. The van der Waals surface area contributed by atoms with Gasteiger partial charge in [0.15, 0.2) is 0 Å². The van der Waals surface area contributed by atoms with Gasteiger partial charge in [-0.25, -0.2) is 0 Å². The van der Waals surface area contributed by atoms with Gasteiger partial charge in [0, 0.05) is 40.8 Å². The van der Waals surface area contributed by atoms with E-state index in [2.05, 4.69) is 61.8 Å². The van der Waals surface area contributed by atoms with Crippen molar-refractivity contribution in [3.8, 4) is 11.3 Å². The number of hydrogen-bond acceptors (Lipinski definition) is 2. The Bertz CT molecular complexity index is 1160. The highest BCUT2D eigenvalue weighted by atomic mass is 16.1. The van der Waals surface area contributed by atoms with Gasteiger partial charge < -0.3 is 14.5 Å². The lowest BCUT2D eigenvalue weighted by Gasteiger charge is -2.34. The van der Waals surface area contributed by atoms with Crippen LogP contribution in [0.5, 0.6) is 0 Å². The normalized spacial score (nSPS) is 16.2. The highest BCUT2D eigenvalue weighted by Gasteiger charge is 2.24. The van der Waals surface area contributed by atoms with E-state index in [4.69, 9.17) is 0 Å². The molecule has 0 radical (unpaired) electrons. The van der Waals surface area contributed by atoms with Crippen molar-refractivity contribution in [3.05, 3.63) is 57.0 Å². The number of aryl methyl sites for hydroxylation is 1. The number of hydrogen-bond donors (Lipinski definition) is 1. The number of aromatic nitrogens is 2. The Kier molecular flexibility index (Phi) is 5.87. The Hall–Kier alpha value is -2.33. The number of piperidine rings is 1. The van der Waals surface area contributed by atoms with Crippen molar-refractivity contribution in [3.63, 3.8) is 0 Å². The molecule has 31 heavy (non-hydrogen) atoms. The predicted molar refractivity (Wildman–Crippen MR) is 131 cm³/mol. The van der Waals surface area contributed by atoms with Gasteiger partial charge >= 0.3 is 0 Å². The number of aromatic amines is 1. The lowest BCUT2D eigenvalue weighted by molar-refractivity contribution is 0.172. The molecule has 1 aliphatic heterocycles. The molecule has 166 valence electrons. The van der Waals surface area contributed by atoms with Gasteiger partial charge in [0.25, 0.3) is 5.56 Å². The Morgan fingerprint density at radius 3 is 2.32 bits per heavy atom. The summed E-state index contributed by atoms with van der Waals surface area (Å²) in [7, 11) is 1.87. The van der Waals surface area contributed by atoms with E-state index in [-0.39, 0.29) is 5.56 Å². The average molecular weight is 420 g/mol. The Labute approximate surface area is 186 Å². The zero-order chi connectivity index (χ0) is 22.4. The third kappa shape index (κ3) is 3.87. The first-order valence-corrected chi connectivity index (χ1v) is 11.8. The van der Waals surface area contributed by atoms with Crippen LogP contribution in [0, 0.1) is 13.8 Å². The molecule has 1 aromatic carbocycles. The molecule has 0 saturated carbocycles. The fourth-order valence-corrected chi connectivity index (χ4v) is 5.28. The van der Waals surface area contributed by atoms with Crippen molar-refractivity contribution >= 4 is 10.9 Å². The maximum atomic E-state index is 12.4. The van der Waals surface area contributed by atoms with Gasteiger partial charge in [-0.15, -0.1) is 0 Å². The molecule has 0 amide bonds. The van der Waals surface area contributed by atoms with E-state index in [0.717, 1.165) is 22.5 Å². The minimum atomic E-state index is 0.0819. The van der Waals surface area contributed by atoms with Crippen molar-refractivity contribution in [2.24, 2.45) is 7.05 Å². The molecule has 0 spiro atoms. The predicted octanol–water partition coefficient (Wildman–Crippen LogP) is 5.86. The summed E-state index contributed by atoms with van der Waals surface area (Å²) in [4.78, 5) is 18.7. The molecular formula is C27H37N3O. The molecule has 1 saturated heterocycles. The van der Waals surface area contributed by atoms with Crippen LogP contribution >= 0.6 is 0 Å².